The number of halogens is 2. The Morgan fingerprint density at radius 3 is 2.52 bits per heavy atom. The molecule has 0 saturated heterocycles. The molecular formula is C18H16ClFN2O4S. The smallest absolute Gasteiger partial charge is 0.265 e. The van der Waals surface area contributed by atoms with E-state index in [1.54, 1.807) is 26.0 Å². The van der Waals surface area contributed by atoms with Gasteiger partial charge in [-0.1, -0.05) is 22.8 Å². The molecular weight excluding hydrogens is 395 g/mol. The van der Waals surface area contributed by atoms with Crippen LogP contribution in [0.15, 0.2) is 45.8 Å². The van der Waals surface area contributed by atoms with Gasteiger partial charge in [-0.3, -0.25) is 4.72 Å². The number of anilines is 1. The van der Waals surface area contributed by atoms with Crippen LogP contribution >= 0.6 is 11.6 Å². The number of ether oxygens (including phenoxy) is 1. The molecule has 0 atom stereocenters. The molecule has 0 fully saturated rings. The first-order valence-corrected chi connectivity index (χ1v) is 9.68. The number of nitrogens with zero attached hydrogens (tertiary/aromatic N) is 1. The van der Waals surface area contributed by atoms with Crippen molar-refractivity contribution in [3.05, 3.63) is 58.7 Å². The van der Waals surface area contributed by atoms with Crippen LogP contribution in [0.2, 0.25) is 5.02 Å². The molecule has 0 saturated carbocycles. The Bertz CT molecular complexity index is 1090. The molecule has 142 valence electrons. The molecule has 27 heavy (non-hydrogen) atoms. The molecule has 0 aliphatic heterocycles. The zero-order chi connectivity index (χ0) is 19.8. The summed E-state index contributed by atoms with van der Waals surface area (Å²) < 4.78 is 51.9. The molecule has 1 N–H and O–H groups in total. The summed E-state index contributed by atoms with van der Waals surface area (Å²) in [6, 6.07) is 8.30. The van der Waals surface area contributed by atoms with Gasteiger partial charge in [0.25, 0.3) is 10.0 Å². The molecule has 0 unspecified atom stereocenters. The SMILES string of the molecule is COc1ccc(-c2c(C)noc2C)cc1S(=O)(=O)Nc1ccc(F)c(Cl)c1. The first-order chi connectivity index (χ1) is 12.7. The van der Waals surface area contributed by atoms with Crippen molar-refractivity contribution in [2.75, 3.05) is 11.8 Å². The number of nitrogens with one attached hydrogen (secondary N) is 1. The minimum absolute atomic E-state index is 0.0806. The Kier molecular flexibility index (Phi) is 5.12. The summed E-state index contributed by atoms with van der Waals surface area (Å²) in [7, 11) is -2.66. The van der Waals surface area contributed by atoms with Crippen molar-refractivity contribution in [1.82, 2.24) is 5.16 Å². The van der Waals surface area contributed by atoms with Gasteiger partial charge in [0.15, 0.2) is 0 Å². The van der Waals surface area contributed by atoms with E-state index < -0.39 is 15.8 Å². The Morgan fingerprint density at radius 1 is 1.19 bits per heavy atom. The summed E-state index contributed by atoms with van der Waals surface area (Å²) in [5.41, 5.74) is 2.09. The Morgan fingerprint density at radius 2 is 1.93 bits per heavy atom. The first kappa shape index (κ1) is 19.2. The third-order valence-corrected chi connectivity index (χ3v) is 5.64. The Hall–Kier alpha value is -2.58. The predicted molar refractivity (Wildman–Crippen MR) is 100 cm³/mol. The predicted octanol–water partition coefficient (Wildman–Crippen LogP) is 4.56. The van der Waals surface area contributed by atoms with E-state index in [1.165, 1.54) is 25.3 Å². The van der Waals surface area contributed by atoms with Crippen LogP contribution in [0.4, 0.5) is 10.1 Å². The molecule has 6 nitrogen and oxygen atoms in total. The zero-order valence-electron chi connectivity index (χ0n) is 14.7. The van der Waals surface area contributed by atoms with Crippen molar-refractivity contribution in [2.45, 2.75) is 18.7 Å². The van der Waals surface area contributed by atoms with Gasteiger partial charge in [0.05, 0.1) is 23.5 Å². The van der Waals surface area contributed by atoms with Gasteiger partial charge in [-0.05, 0) is 49.7 Å². The van der Waals surface area contributed by atoms with E-state index in [9.17, 15) is 12.8 Å². The molecule has 3 aromatic rings. The highest BCUT2D eigenvalue weighted by molar-refractivity contribution is 7.92. The van der Waals surface area contributed by atoms with Crippen LogP contribution in [-0.2, 0) is 10.0 Å². The average molecular weight is 411 g/mol. The monoisotopic (exact) mass is 410 g/mol. The fourth-order valence-electron chi connectivity index (χ4n) is 2.71. The van der Waals surface area contributed by atoms with Crippen molar-refractivity contribution in [3.63, 3.8) is 0 Å². The summed E-state index contributed by atoms with van der Waals surface area (Å²) in [5, 5.41) is 3.70. The molecule has 3 rings (SSSR count). The maximum atomic E-state index is 13.3. The summed E-state index contributed by atoms with van der Waals surface area (Å²) in [5.74, 6) is 0.0862. The molecule has 0 spiro atoms. The molecule has 1 heterocycles. The van der Waals surface area contributed by atoms with Gasteiger partial charge in [-0.25, -0.2) is 12.8 Å². The molecule has 0 amide bonds. The fourth-order valence-corrected chi connectivity index (χ4v) is 4.13. The van der Waals surface area contributed by atoms with Gasteiger partial charge in [0.2, 0.25) is 0 Å². The molecule has 0 radical (unpaired) electrons. The number of hydrogen-bond donors (Lipinski definition) is 1. The van der Waals surface area contributed by atoms with Crippen molar-refractivity contribution < 1.29 is 22.1 Å². The second-order valence-corrected chi connectivity index (χ2v) is 7.86. The third kappa shape index (κ3) is 3.77. The van der Waals surface area contributed by atoms with Crippen LogP contribution in [-0.4, -0.2) is 20.7 Å². The average Bonchev–Trinajstić information content (AvgIpc) is 2.96. The molecule has 0 aliphatic carbocycles. The van der Waals surface area contributed by atoms with Crippen molar-refractivity contribution in [1.29, 1.82) is 0 Å². The maximum Gasteiger partial charge on any atom is 0.265 e. The molecule has 1 aromatic heterocycles. The minimum Gasteiger partial charge on any atom is -0.495 e. The number of sulfonamides is 1. The Labute approximate surface area is 160 Å². The summed E-state index contributed by atoms with van der Waals surface area (Å²) in [4.78, 5) is -0.0806. The quantitative estimate of drug-likeness (QED) is 0.666. The number of aryl methyl sites for hydroxylation is 2. The van der Waals surface area contributed by atoms with Crippen molar-refractivity contribution in [2.24, 2.45) is 0 Å². The number of benzene rings is 2. The summed E-state index contributed by atoms with van der Waals surface area (Å²) in [6.07, 6.45) is 0. The normalized spacial score (nSPS) is 11.4. The van der Waals surface area contributed by atoms with Gasteiger partial charge in [0.1, 0.15) is 22.2 Å². The first-order valence-electron chi connectivity index (χ1n) is 7.82. The van der Waals surface area contributed by atoms with Crippen LogP contribution < -0.4 is 9.46 Å². The second-order valence-electron chi connectivity index (χ2n) is 5.80. The van der Waals surface area contributed by atoms with Crippen LogP contribution in [0.5, 0.6) is 5.75 Å². The van der Waals surface area contributed by atoms with Crippen LogP contribution in [0, 0.1) is 19.7 Å². The van der Waals surface area contributed by atoms with Gasteiger partial charge in [-0.2, -0.15) is 0 Å². The largest absolute Gasteiger partial charge is 0.495 e. The van der Waals surface area contributed by atoms with Gasteiger partial charge >= 0.3 is 0 Å². The van der Waals surface area contributed by atoms with Gasteiger partial charge in [0, 0.05) is 5.56 Å². The lowest BCUT2D eigenvalue weighted by molar-refractivity contribution is 0.393. The Balaban J connectivity index is 2.08. The summed E-state index contributed by atoms with van der Waals surface area (Å²) >= 11 is 5.72. The maximum absolute atomic E-state index is 13.3. The van der Waals surface area contributed by atoms with Crippen LogP contribution in [0.1, 0.15) is 11.5 Å². The van der Waals surface area contributed by atoms with Crippen molar-refractivity contribution in [3.8, 4) is 16.9 Å². The lowest BCUT2D eigenvalue weighted by atomic mass is 10.0. The molecule has 0 bridgehead atoms. The molecule has 0 aliphatic rings. The number of aromatic nitrogens is 1. The third-order valence-electron chi connectivity index (χ3n) is 3.95. The molecule has 2 aromatic carbocycles. The zero-order valence-corrected chi connectivity index (χ0v) is 16.3. The second kappa shape index (κ2) is 7.21. The van der Waals surface area contributed by atoms with Gasteiger partial charge < -0.3 is 9.26 Å². The standard InChI is InChI=1S/C18H16ClFN2O4S/c1-10-18(11(2)26-21-10)12-4-7-16(25-3)17(8-12)27(23,24)22-13-5-6-15(20)14(19)9-13/h4-9,22H,1-3H3. The highest BCUT2D eigenvalue weighted by Crippen LogP contribution is 2.34. The van der Waals surface area contributed by atoms with E-state index in [1.807, 2.05) is 0 Å². The highest BCUT2D eigenvalue weighted by atomic mass is 35.5. The van der Waals surface area contributed by atoms with E-state index in [4.69, 9.17) is 20.9 Å². The van der Waals surface area contributed by atoms with E-state index >= 15 is 0 Å². The van der Waals surface area contributed by atoms with E-state index in [0.29, 0.717) is 22.6 Å². The number of rotatable bonds is 5. The highest BCUT2D eigenvalue weighted by Gasteiger charge is 2.23. The van der Waals surface area contributed by atoms with Crippen LogP contribution in [0.25, 0.3) is 11.1 Å². The summed E-state index contributed by atoms with van der Waals surface area (Å²) in [6.45, 7) is 3.51. The van der Waals surface area contributed by atoms with Crippen LogP contribution in [0.3, 0.4) is 0 Å². The topological polar surface area (TPSA) is 81.4 Å². The fraction of sp³-hybridized carbons (Fsp3) is 0.167. The number of hydrogen-bond acceptors (Lipinski definition) is 5. The van der Waals surface area contributed by atoms with Gasteiger partial charge in [-0.15, -0.1) is 0 Å². The van der Waals surface area contributed by atoms with E-state index in [2.05, 4.69) is 9.88 Å². The minimum atomic E-state index is -4.03. The van der Waals surface area contributed by atoms with Crippen molar-refractivity contribution >= 4 is 27.3 Å². The lowest BCUT2D eigenvalue weighted by Crippen LogP contribution is -2.14. The number of methoxy groups -OCH3 is 1. The molecule has 9 heteroatoms. The lowest BCUT2D eigenvalue weighted by Gasteiger charge is -2.13. The van der Waals surface area contributed by atoms with E-state index in [-0.39, 0.29) is 21.4 Å². The van der Waals surface area contributed by atoms with E-state index in [0.717, 1.165) is 6.07 Å².